The van der Waals surface area contributed by atoms with Crippen LogP contribution >= 0.6 is 12.2 Å². The number of nitrogens with two attached hydrogens (primary N) is 1. The molecule has 1 aromatic rings. The summed E-state index contributed by atoms with van der Waals surface area (Å²) in [4.78, 5) is 7.31. The molecule has 2 atom stereocenters. The van der Waals surface area contributed by atoms with Crippen LogP contribution in [0.1, 0.15) is 25.0 Å². The molecule has 1 saturated carbocycles. The number of fused-ring (bicyclic) bond motifs is 1. The fraction of sp³-hybridized carbons (Fsp3) is 0.538. The van der Waals surface area contributed by atoms with Crippen molar-refractivity contribution in [2.45, 2.75) is 19.3 Å². The van der Waals surface area contributed by atoms with Crippen molar-refractivity contribution >= 4 is 23.0 Å². The van der Waals surface area contributed by atoms with E-state index < -0.39 is 0 Å². The maximum Gasteiger partial charge on any atom is 0.129 e. The summed E-state index contributed by atoms with van der Waals surface area (Å²) in [5.74, 6) is 2.79. The Morgan fingerprint density at radius 3 is 2.65 bits per heavy atom. The van der Waals surface area contributed by atoms with Crippen LogP contribution < -0.4 is 10.6 Å². The third kappa shape index (κ3) is 2.02. The maximum absolute atomic E-state index is 5.62. The van der Waals surface area contributed by atoms with Crippen molar-refractivity contribution in [3.63, 3.8) is 0 Å². The summed E-state index contributed by atoms with van der Waals surface area (Å²) in [6.07, 6.45) is 4.18. The van der Waals surface area contributed by atoms with Crippen LogP contribution in [0.5, 0.6) is 0 Å². The van der Waals surface area contributed by atoms with Crippen LogP contribution in [-0.2, 0) is 0 Å². The minimum atomic E-state index is 0.381. The molecule has 4 heteroatoms. The minimum absolute atomic E-state index is 0.381. The quantitative estimate of drug-likeness (QED) is 0.811. The molecule has 1 aliphatic carbocycles. The molecule has 0 spiro atoms. The molecule has 3 rings (SSSR count). The average molecular weight is 247 g/mol. The van der Waals surface area contributed by atoms with Gasteiger partial charge in [-0.15, -0.1) is 0 Å². The van der Waals surface area contributed by atoms with Gasteiger partial charge in [-0.1, -0.05) is 24.7 Å². The highest BCUT2D eigenvalue weighted by molar-refractivity contribution is 7.80. The summed E-state index contributed by atoms with van der Waals surface area (Å²) in [6.45, 7) is 2.30. The standard InChI is InChI=1S/C13H17N3S/c14-13(17)11-5-2-6-12(15-11)16-7-9-3-1-4-10(9)8-16/h2,5-6,9-10H,1,3-4,7-8H2,(H2,14,17). The molecule has 2 N–H and O–H groups in total. The van der Waals surface area contributed by atoms with E-state index in [9.17, 15) is 0 Å². The lowest BCUT2D eigenvalue weighted by Crippen LogP contribution is -2.23. The Kier molecular flexibility index (Phi) is 2.74. The van der Waals surface area contributed by atoms with E-state index in [1.165, 1.54) is 19.3 Å². The second-order valence-corrected chi connectivity index (χ2v) is 5.54. The monoisotopic (exact) mass is 247 g/mol. The normalized spacial score (nSPS) is 27.2. The van der Waals surface area contributed by atoms with Crippen molar-refractivity contribution in [2.75, 3.05) is 18.0 Å². The molecule has 2 heterocycles. The van der Waals surface area contributed by atoms with Gasteiger partial charge in [0, 0.05) is 13.1 Å². The Labute approximate surface area is 107 Å². The molecule has 1 aromatic heterocycles. The highest BCUT2D eigenvalue weighted by atomic mass is 32.1. The van der Waals surface area contributed by atoms with Gasteiger partial charge in [0.2, 0.25) is 0 Å². The first-order valence-corrected chi connectivity index (χ1v) is 6.66. The molecular formula is C13H17N3S. The first-order valence-electron chi connectivity index (χ1n) is 6.26. The van der Waals surface area contributed by atoms with Gasteiger partial charge in [0.15, 0.2) is 0 Å². The van der Waals surface area contributed by atoms with E-state index in [4.69, 9.17) is 18.0 Å². The van der Waals surface area contributed by atoms with Gasteiger partial charge in [-0.25, -0.2) is 4.98 Å². The smallest absolute Gasteiger partial charge is 0.129 e. The number of hydrogen-bond acceptors (Lipinski definition) is 3. The highest BCUT2D eigenvalue weighted by Crippen LogP contribution is 2.38. The van der Waals surface area contributed by atoms with Crippen LogP contribution in [0.3, 0.4) is 0 Å². The van der Waals surface area contributed by atoms with Crippen molar-refractivity contribution in [1.82, 2.24) is 4.98 Å². The highest BCUT2D eigenvalue weighted by Gasteiger charge is 2.36. The second-order valence-electron chi connectivity index (χ2n) is 5.10. The largest absolute Gasteiger partial charge is 0.388 e. The van der Waals surface area contributed by atoms with E-state index in [0.717, 1.165) is 36.4 Å². The van der Waals surface area contributed by atoms with Crippen LogP contribution in [-0.4, -0.2) is 23.1 Å². The predicted octanol–water partition coefficient (Wildman–Crippen LogP) is 1.95. The van der Waals surface area contributed by atoms with Crippen molar-refractivity contribution in [3.05, 3.63) is 23.9 Å². The van der Waals surface area contributed by atoms with Gasteiger partial charge in [-0.05, 0) is 36.8 Å². The van der Waals surface area contributed by atoms with Gasteiger partial charge in [0.05, 0.1) is 5.69 Å². The van der Waals surface area contributed by atoms with E-state index in [-0.39, 0.29) is 0 Å². The number of aromatic nitrogens is 1. The van der Waals surface area contributed by atoms with Crippen LogP contribution in [0, 0.1) is 11.8 Å². The Morgan fingerprint density at radius 2 is 2.00 bits per heavy atom. The second kappa shape index (κ2) is 4.26. The first kappa shape index (κ1) is 11.0. The Balaban J connectivity index is 1.81. The number of anilines is 1. The number of nitrogens with zero attached hydrogens (tertiary/aromatic N) is 2. The maximum atomic E-state index is 5.62. The van der Waals surface area contributed by atoms with E-state index >= 15 is 0 Å². The number of hydrogen-bond donors (Lipinski definition) is 1. The van der Waals surface area contributed by atoms with Crippen molar-refractivity contribution in [3.8, 4) is 0 Å². The lowest BCUT2D eigenvalue weighted by atomic mass is 10.0. The molecule has 0 bridgehead atoms. The van der Waals surface area contributed by atoms with E-state index in [1.807, 2.05) is 12.1 Å². The van der Waals surface area contributed by atoms with Crippen molar-refractivity contribution in [1.29, 1.82) is 0 Å². The molecule has 0 amide bonds. The molecule has 1 saturated heterocycles. The summed E-state index contributed by atoms with van der Waals surface area (Å²) in [7, 11) is 0. The summed E-state index contributed by atoms with van der Waals surface area (Å²) in [5.41, 5.74) is 6.35. The molecule has 90 valence electrons. The van der Waals surface area contributed by atoms with Crippen molar-refractivity contribution in [2.24, 2.45) is 17.6 Å². The Hall–Kier alpha value is -1.16. The summed E-state index contributed by atoms with van der Waals surface area (Å²) >= 11 is 4.97. The Bertz CT molecular complexity index is 434. The van der Waals surface area contributed by atoms with Crippen molar-refractivity contribution < 1.29 is 0 Å². The summed E-state index contributed by atoms with van der Waals surface area (Å²) in [5, 5.41) is 0. The fourth-order valence-electron chi connectivity index (χ4n) is 3.16. The molecule has 2 fully saturated rings. The Morgan fingerprint density at radius 1 is 1.29 bits per heavy atom. The SMILES string of the molecule is NC(=S)c1cccc(N2CC3CCCC3C2)n1. The van der Waals surface area contributed by atoms with E-state index in [0.29, 0.717) is 4.99 Å². The molecule has 17 heavy (non-hydrogen) atoms. The van der Waals surface area contributed by atoms with Gasteiger partial charge in [0.1, 0.15) is 10.8 Å². The lowest BCUT2D eigenvalue weighted by molar-refractivity contribution is 0.494. The van der Waals surface area contributed by atoms with Gasteiger partial charge >= 0.3 is 0 Å². The summed E-state index contributed by atoms with van der Waals surface area (Å²) < 4.78 is 0. The predicted molar refractivity (Wildman–Crippen MR) is 73.2 cm³/mol. The zero-order valence-corrected chi connectivity index (χ0v) is 10.6. The first-order chi connectivity index (χ1) is 8.24. The number of pyridine rings is 1. The molecule has 2 aliphatic rings. The van der Waals surface area contributed by atoms with Gasteiger partial charge < -0.3 is 10.6 Å². The molecule has 2 unspecified atom stereocenters. The van der Waals surface area contributed by atoms with Gasteiger partial charge in [-0.2, -0.15) is 0 Å². The van der Waals surface area contributed by atoms with Crippen LogP contribution in [0.2, 0.25) is 0 Å². The topological polar surface area (TPSA) is 42.1 Å². The molecule has 1 aliphatic heterocycles. The summed E-state index contributed by atoms with van der Waals surface area (Å²) in [6, 6.07) is 5.93. The minimum Gasteiger partial charge on any atom is -0.388 e. The van der Waals surface area contributed by atoms with Gasteiger partial charge in [-0.3, -0.25) is 0 Å². The fourth-order valence-corrected chi connectivity index (χ4v) is 3.27. The van der Waals surface area contributed by atoms with E-state index in [2.05, 4.69) is 16.0 Å². The van der Waals surface area contributed by atoms with E-state index in [1.54, 1.807) is 0 Å². The molecular weight excluding hydrogens is 230 g/mol. The van der Waals surface area contributed by atoms with Crippen LogP contribution in [0.25, 0.3) is 0 Å². The molecule has 0 aromatic carbocycles. The number of thiocarbonyl (C=S) groups is 1. The van der Waals surface area contributed by atoms with Crippen LogP contribution in [0.15, 0.2) is 18.2 Å². The zero-order valence-electron chi connectivity index (χ0n) is 9.80. The molecule has 0 radical (unpaired) electrons. The third-order valence-corrected chi connectivity index (χ3v) is 4.25. The molecule has 3 nitrogen and oxygen atoms in total. The zero-order chi connectivity index (χ0) is 11.8. The van der Waals surface area contributed by atoms with Gasteiger partial charge in [0.25, 0.3) is 0 Å². The average Bonchev–Trinajstić information content (AvgIpc) is 2.89. The lowest BCUT2D eigenvalue weighted by Gasteiger charge is -2.18. The number of rotatable bonds is 2. The van der Waals surface area contributed by atoms with Crippen LogP contribution in [0.4, 0.5) is 5.82 Å². The third-order valence-electron chi connectivity index (χ3n) is 4.04.